The molecule has 0 saturated heterocycles. The van der Waals surface area contributed by atoms with E-state index in [1.165, 1.54) is 6.20 Å². The Bertz CT molecular complexity index is 989. The molecule has 1 aromatic carbocycles. The molecule has 8 heteroatoms. The van der Waals surface area contributed by atoms with Gasteiger partial charge in [-0.25, -0.2) is 9.97 Å². The normalized spacial score (nSPS) is 13.6. The summed E-state index contributed by atoms with van der Waals surface area (Å²) >= 11 is 6.01. The monoisotopic (exact) mass is 362 g/mol. The molecule has 24 heavy (non-hydrogen) atoms. The second kappa shape index (κ2) is 6.70. The number of halogens is 1. The van der Waals surface area contributed by atoms with Crippen molar-refractivity contribution in [3.63, 3.8) is 0 Å². The number of rotatable bonds is 4. The summed E-state index contributed by atoms with van der Waals surface area (Å²) in [6, 6.07) is 8.34. The first-order valence-corrected chi connectivity index (χ1v) is 9.13. The first-order valence-electron chi connectivity index (χ1n) is 7.19. The molecule has 2 aromatic heterocycles. The van der Waals surface area contributed by atoms with Crippen LogP contribution in [-0.4, -0.2) is 25.4 Å². The Morgan fingerprint density at radius 2 is 2.08 bits per heavy atom. The van der Waals surface area contributed by atoms with Crippen molar-refractivity contribution in [3.8, 4) is 0 Å². The Hall–Kier alpha value is -2.25. The summed E-state index contributed by atoms with van der Waals surface area (Å²) in [6.45, 7) is 1.83. The fraction of sp³-hybridized carbons (Fsp3) is 0.188. The van der Waals surface area contributed by atoms with Crippen LogP contribution < -0.4 is 10.9 Å². The lowest BCUT2D eigenvalue weighted by Crippen LogP contribution is -2.20. The van der Waals surface area contributed by atoms with E-state index in [-0.39, 0.29) is 11.6 Å². The molecule has 0 spiro atoms. The Morgan fingerprint density at radius 1 is 1.29 bits per heavy atom. The van der Waals surface area contributed by atoms with Gasteiger partial charge in [0.15, 0.2) is 0 Å². The Morgan fingerprint density at radius 3 is 2.83 bits per heavy atom. The molecule has 124 valence electrons. The van der Waals surface area contributed by atoms with Crippen LogP contribution in [0.5, 0.6) is 0 Å². The second-order valence-electron chi connectivity index (χ2n) is 5.32. The minimum atomic E-state index is -1.20. The second-order valence-corrected chi connectivity index (χ2v) is 7.09. The number of nitrogens with zero attached hydrogens (tertiary/aromatic N) is 2. The minimum absolute atomic E-state index is 0.194. The molecule has 2 N–H and O–H groups in total. The summed E-state index contributed by atoms with van der Waals surface area (Å²) in [5, 5.41) is 4.94. The summed E-state index contributed by atoms with van der Waals surface area (Å²) in [4.78, 5) is 23.4. The van der Waals surface area contributed by atoms with Crippen molar-refractivity contribution in [2.24, 2.45) is 0 Å². The summed E-state index contributed by atoms with van der Waals surface area (Å²) in [6.07, 6.45) is 3.08. The molecular weight excluding hydrogens is 348 g/mol. The molecule has 0 aliphatic heterocycles. The number of anilines is 1. The van der Waals surface area contributed by atoms with E-state index in [0.717, 1.165) is 10.9 Å². The third-order valence-corrected chi connectivity index (χ3v) is 4.62. The SMILES string of the molecule is C[C@H](Nc1nccc(S(C)=O)n1)c1cc2cc(Cl)ccc2[nH]c1=O. The number of aromatic amines is 1. The van der Waals surface area contributed by atoms with Crippen molar-refractivity contribution in [1.82, 2.24) is 15.0 Å². The van der Waals surface area contributed by atoms with Crippen LogP contribution >= 0.6 is 11.6 Å². The summed E-state index contributed by atoms with van der Waals surface area (Å²) < 4.78 is 11.5. The number of hydrogen-bond donors (Lipinski definition) is 2. The lowest BCUT2D eigenvalue weighted by molar-refractivity contribution is 0.683. The van der Waals surface area contributed by atoms with E-state index >= 15 is 0 Å². The summed E-state index contributed by atoms with van der Waals surface area (Å²) in [5.41, 5.74) is 1.07. The topological polar surface area (TPSA) is 87.7 Å². The molecule has 0 aliphatic carbocycles. The first kappa shape index (κ1) is 16.6. The smallest absolute Gasteiger partial charge is 0.253 e. The highest BCUT2D eigenvalue weighted by atomic mass is 35.5. The number of benzene rings is 1. The zero-order valence-corrected chi connectivity index (χ0v) is 14.6. The van der Waals surface area contributed by atoms with E-state index in [1.54, 1.807) is 36.6 Å². The maximum atomic E-state index is 12.3. The molecule has 0 aliphatic rings. The summed E-state index contributed by atoms with van der Waals surface area (Å²) in [5.74, 6) is 0.320. The van der Waals surface area contributed by atoms with Crippen molar-refractivity contribution in [2.45, 2.75) is 18.0 Å². The van der Waals surface area contributed by atoms with Gasteiger partial charge in [-0.15, -0.1) is 0 Å². The van der Waals surface area contributed by atoms with Gasteiger partial charge < -0.3 is 10.3 Å². The zero-order chi connectivity index (χ0) is 17.3. The average Bonchev–Trinajstić information content (AvgIpc) is 2.54. The fourth-order valence-electron chi connectivity index (χ4n) is 2.36. The van der Waals surface area contributed by atoms with Crippen molar-refractivity contribution in [3.05, 3.63) is 57.5 Å². The van der Waals surface area contributed by atoms with Crippen LogP contribution in [-0.2, 0) is 10.8 Å². The van der Waals surface area contributed by atoms with E-state index in [4.69, 9.17) is 11.6 Å². The van der Waals surface area contributed by atoms with E-state index in [1.807, 2.05) is 6.92 Å². The number of aromatic nitrogens is 3. The van der Waals surface area contributed by atoms with Gasteiger partial charge in [0.1, 0.15) is 5.03 Å². The van der Waals surface area contributed by atoms with E-state index in [2.05, 4.69) is 20.3 Å². The van der Waals surface area contributed by atoms with Crippen molar-refractivity contribution < 1.29 is 4.21 Å². The molecular formula is C16H15ClN4O2S. The van der Waals surface area contributed by atoms with Crippen molar-refractivity contribution >= 4 is 39.3 Å². The average molecular weight is 363 g/mol. The molecule has 3 rings (SSSR count). The molecule has 0 saturated carbocycles. The third kappa shape index (κ3) is 3.47. The molecule has 2 atom stereocenters. The third-order valence-electron chi connectivity index (χ3n) is 3.57. The molecule has 0 bridgehead atoms. The van der Waals surface area contributed by atoms with E-state index in [9.17, 15) is 9.00 Å². The van der Waals surface area contributed by atoms with Crippen LogP contribution in [0.25, 0.3) is 10.9 Å². The number of pyridine rings is 1. The van der Waals surface area contributed by atoms with Gasteiger partial charge in [-0.1, -0.05) is 11.6 Å². The van der Waals surface area contributed by atoms with Crippen LogP contribution in [0.1, 0.15) is 18.5 Å². The molecule has 6 nitrogen and oxygen atoms in total. The van der Waals surface area contributed by atoms with Crippen LogP contribution in [0.3, 0.4) is 0 Å². The van der Waals surface area contributed by atoms with Gasteiger partial charge in [-0.3, -0.25) is 9.00 Å². The highest BCUT2D eigenvalue weighted by molar-refractivity contribution is 7.84. The van der Waals surface area contributed by atoms with Gasteiger partial charge in [0.05, 0.1) is 16.8 Å². The van der Waals surface area contributed by atoms with Gasteiger partial charge >= 0.3 is 0 Å². The van der Waals surface area contributed by atoms with Crippen LogP contribution in [0.15, 0.2) is 46.3 Å². The number of fused-ring (bicyclic) bond motifs is 1. The predicted molar refractivity (Wildman–Crippen MR) is 96.0 cm³/mol. The van der Waals surface area contributed by atoms with Crippen molar-refractivity contribution in [1.29, 1.82) is 0 Å². The van der Waals surface area contributed by atoms with Crippen LogP contribution in [0.4, 0.5) is 5.95 Å². The first-order chi connectivity index (χ1) is 11.4. The van der Waals surface area contributed by atoms with E-state index in [0.29, 0.717) is 21.6 Å². The van der Waals surface area contributed by atoms with Gasteiger partial charge in [-0.05, 0) is 37.3 Å². The van der Waals surface area contributed by atoms with Crippen LogP contribution in [0.2, 0.25) is 5.02 Å². The van der Waals surface area contributed by atoms with Crippen LogP contribution in [0, 0.1) is 0 Å². The summed E-state index contributed by atoms with van der Waals surface area (Å²) in [7, 11) is -1.20. The highest BCUT2D eigenvalue weighted by Crippen LogP contribution is 2.21. The maximum absolute atomic E-state index is 12.3. The Labute approximate surface area is 145 Å². The lowest BCUT2D eigenvalue weighted by atomic mass is 10.1. The predicted octanol–water partition coefficient (Wildman–Crippen LogP) is 2.88. The molecule has 0 amide bonds. The standard InChI is InChI=1S/C16H15ClN4O2S/c1-9(19-16-18-6-5-14(21-16)24(2)23)12-8-10-7-11(17)3-4-13(10)20-15(12)22/h3-9H,1-2H3,(H,20,22)(H,18,19,21)/t9-,24?/m0/s1. The molecule has 1 unspecified atom stereocenters. The number of nitrogens with one attached hydrogen (secondary N) is 2. The highest BCUT2D eigenvalue weighted by Gasteiger charge is 2.13. The number of H-pyrrole nitrogens is 1. The molecule has 0 radical (unpaired) electrons. The minimum Gasteiger partial charge on any atom is -0.347 e. The lowest BCUT2D eigenvalue weighted by Gasteiger charge is -2.14. The quantitative estimate of drug-likeness (QED) is 0.697. The van der Waals surface area contributed by atoms with Gasteiger partial charge in [0.25, 0.3) is 5.56 Å². The van der Waals surface area contributed by atoms with Gasteiger partial charge in [0.2, 0.25) is 5.95 Å². The Balaban J connectivity index is 1.95. The van der Waals surface area contributed by atoms with E-state index < -0.39 is 10.8 Å². The Kier molecular flexibility index (Phi) is 4.64. The van der Waals surface area contributed by atoms with Crippen molar-refractivity contribution in [2.75, 3.05) is 11.6 Å². The number of hydrogen-bond acceptors (Lipinski definition) is 5. The fourth-order valence-corrected chi connectivity index (χ4v) is 3.01. The molecule has 0 fully saturated rings. The van der Waals surface area contributed by atoms with Gasteiger partial charge in [-0.2, -0.15) is 0 Å². The molecule has 3 aromatic rings. The van der Waals surface area contributed by atoms with Gasteiger partial charge in [0, 0.05) is 33.9 Å². The molecule has 2 heterocycles. The zero-order valence-electron chi connectivity index (χ0n) is 13.0. The maximum Gasteiger partial charge on any atom is 0.253 e. The largest absolute Gasteiger partial charge is 0.347 e.